The number of carbonyl (C=O) groups is 1. The molecule has 1 atom stereocenters. The minimum Gasteiger partial charge on any atom is -0.496 e. The average molecular weight is 244 g/mol. The van der Waals surface area contributed by atoms with Crippen molar-refractivity contribution >= 4 is 17.1 Å². The Balaban J connectivity index is 2.82. The summed E-state index contributed by atoms with van der Waals surface area (Å²) < 4.78 is 10.9. The summed E-state index contributed by atoms with van der Waals surface area (Å²) in [4.78, 5) is 11.0. The fourth-order valence-corrected chi connectivity index (χ4v) is 2.14. The molecule has 0 amide bonds. The van der Waals surface area contributed by atoms with Gasteiger partial charge in [0.05, 0.1) is 14.2 Å². The van der Waals surface area contributed by atoms with Gasteiger partial charge >= 0.3 is 0 Å². The summed E-state index contributed by atoms with van der Waals surface area (Å²) in [5.41, 5.74) is 0.850. The molecule has 3 heteroatoms. The van der Waals surface area contributed by atoms with Crippen LogP contribution in [0.25, 0.3) is 10.8 Å². The zero-order valence-electron chi connectivity index (χ0n) is 10.8. The van der Waals surface area contributed by atoms with Gasteiger partial charge in [0.2, 0.25) is 0 Å². The van der Waals surface area contributed by atoms with Crippen LogP contribution in [0.1, 0.15) is 18.4 Å². The van der Waals surface area contributed by atoms with Gasteiger partial charge in [-0.15, -0.1) is 0 Å². The summed E-state index contributed by atoms with van der Waals surface area (Å²) in [5, 5.41) is 1.95. The molecule has 3 nitrogen and oxygen atoms in total. The first-order chi connectivity index (χ1) is 8.72. The molecule has 0 radical (unpaired) electrons. The maximum Gasteiger partial charge on any atom is 0.130 e. The number of aldehydes is 1. The molecule has 0 heterocycles. The van der Waals surface area contributed by atoms with Crippen LogP contribution < -0.4 is 9.47 Å². The molecule has 2 rings (SSSR count). The third-order valence-electron chi connectivity index (χ3n) is 3.10. The van der Waals surface area contributed by atoms with E-state index in [0.717, 1.165) is 34.1 Å². The topological polar surface area (TPSA) is 35.5 Å². The Morgan fingerprint density at radius 2 is 1.78 bits per heavy atom. The second-order valence-electron chi connectivity index (χ2n) is 4.17. The van der Waals surface area contributed by atoms with Crippen LogP contribution in [0, 0.1) is 0 Å². The lowest BCUT2D eigenvalue weighted by Gasteiger charge is -2.16. The van der Waals surface area contributed by atoms with E-state index in [1.807, 2.05) is 37.3 Å². The first-order valence-electron chi connectivity index (χ1n) is 5.81. The van der Waals surface area contributed by atoms with E-state index >= 15 is 0 Å². The fourth-order valence-electron chi connectivity index (χ4n) is 2.14. The number of benzene rings is 2. The van der Waals surface area contributed by atoms with Crippen molar-refractivity contribution in [2.45, 2.75) is 12.8 Å². The zero-order chi connectivity index (χ0) is 13.1. The smallest absolute Gasteiger partial charge is 0.130 e. The first kappa shape index (κ1) is 12.4. The SMILES string of the molecule is COc1cc(C(C)C=O)c(OC)c2ccccc12. The molecule has 0 N–H and O–H groups in total. The van der Waals surface area contributed by atoms with E-state index in [-0.39, 0.29) is 5.92 Å². The predicted molar refractivity (Wildman–Crippen MR) is 71.5 cm³/mol. The minimum absolute atomic E-state index is 0.224. The molecule has 0 aliphatic rings. The van der Waals surface area contributed by atoms with E-state index in [4.69, 9.17) is 9.47 Å². The third kappa shape index (κ3) is 1.92. The molecule has 0 bridgehead atoms. The van der Waals surface area contributed by atoms with Gasteiger partial charge in [0.1, 0.15) is 17.8 Å². The van der Waals surface area contributed by atoms with Gasteiger partial charge in [0, 0.05) is 22.3 Å². The summed E-state index contributed by atoms with van der Waals surface area (Å²) in [6.45, 7) is 1.85. The van der Waals surface area contributed by atoms with E-state index in [1.165, 1.54) is 0 Å². The Bertz CT molecular complexity index is 575. The summed E-state index contributed by atoms with van der Waals surface area (Å²) in [7, 11) is 3.25. The summed E-state index contributed by atoms with van der Waals surface area (Å²) in [6.07, 6.45) is 0.909. The quantitative estimate of drug-likeness (QED) is 0.775. The second-order valence-corrected chi connectivity index (χ2v) is 4.17. The van der Waals surface area contributed by atoms with Gasteiger partial charge in [-0.3, -0.25) is 0 Å². The lowest BCUT2D eigenvalue weighted by molar-refractivity contribution is -0.108. The molecule has 0 fully saturated rings. The van der Waals surface area contributed by atoms with Gasteiger partial charge in [-0.1, -0.05) is 31.2 Å². The van der Waals surface area contributed by atoms with E-state index < -0.39 is 0 Å². The summed E-state index contributed by atoms with van der Waals surface area (Å²) >= 11 is 0. The van der Waals surface area contributed by atoms with Crippen molar-refractivity contribution in [3.63, 3.8) is 0 Å². The molecule has 2 aromatic carbocycles. The van der Waals surface area contributed by atoms with Crippen LogP contribution in [0.5, 0.6) is 11.5 Å². The van der Waals surface area contributed by atoms with Gasteiger partial charge in [0.25, 0.3) is 0 Å². The molecule has 2 aromatic rings. The lowest BCUT2D eigenvalue weighted by Crippen LogP contribution is -2.01. The number of fused-ring (bicyclic) bond motifs is 1. The number of methoxy groups -OCH3 is 2. The van der Waals surface area contributed by atoms with Crippen LogP contribution in [0.15, 0.2) is 30.3 Å². The summed E-state index contributed by atoms with van der Waals surface area (Å²) in [5.74, 6) is 1.28. The van der Waals surface area contributed by atoms with E-state index in [1.54, 1.807) is 14.2 Å². The Kier molecular flexibility index (Phi) is 3.51. The maximum atomic E-state index is 11.0. The highest BCUT2D eigenvalue weighted by Gasteiger charge is 2.17. The zero-order valence-corrected chi connectivity index (χ0v) is 10.8. The van der Waals surface area contributed by atoms with Gasteiger partial charge in [-0.2, -0.15) is 0 Å². The van der Waals surface area contributed by atoms with Crippen molar-refractivity contribution in [3.05, 3.63) is 35.9 Å². The molecule has 0 spiro atoms. The van der Waals surface area contributed by atoms with Crippen LogP contribution in [0.3, 0.4) is 0 Å². The molecular formula is C15H16O3. The highest BCUT2D eigenvalue weighted by molar-refractivity contribution is 5.95. The largest absolute Gasteiger partial charge is 0.496 e. The van der Waals surface area contributed by atoms with Crippen molar-refractivity contribution in [1.82, 2.24) is 0 Å². The lowest BCUT2D eigenvalue weighted by atomic mass is 9.96. The van der Waals surface area contributed by atoms with Crippen molar-refractivity contribution in [2.24, 2.45) is 0 Å². The molecule has 0 aromatic heterocycles. The first-order valence-corrected chi connectivity index (χ1v) is 5.81. The molecule has 94 valence electrons. The minimum atomic E-state index is -0.224. The maximum absolute atomic E-state index is 11.0. The molecule has 0 saturated carbocycles. The van der Waals surface area contributed by atoms with Gasteiger partial charge in [-0.05, 0) is 6.07 Å². The van der Waals surface area contributed by atoms with Gasteiger partial charge in [-0.25, -0.2) is 0 Å². The number of hydrogen-bond acceptors (Lipinski definition) is 3. The number of rotatable bonds is 4. The van der Waals surface area contributed by atoms with Gasteiger partial charge in [0.15, 0.2) is 0 Å². The molecule has 0 saturated heterocycles. The van der Waals surface area contributed by atoms with Crippen molar-refractivity contribution < 1.29 is 14.3 Å². The van der Waals surface area contributed by atoms with Crippen LogP contribution >= 0.6 is 0 Å². The number of carbonyl (C=O) groups excluding carboxylic acids is 1. The molecule has 0 aliphatic carbocycles. The van der Waals surface area contributed by atoms with Crippen LogP contribution in [-0.2, 0) is 4.79 Å². The van der Waals surface area contributed by atoms with E-state index in [9.17, 15) is 4.79 Å². The second kappa shape index (κ2) is 5.08. The van der Waals surface area contributed by atoms with Crippen molar-refractivity contribution in [3.8, 4) is 11.5 Å². The van der Waals surface area contributed by atoms with Crippen molar-refractivity contribution in [2.75, 3.05) is 14.2 Å². The normalized spacial score (nSPS) is 12.2. The van der Waals surface area contributed by atoms with E-state index in [0.29, 0.717) is 0 Å². The highest BCUT2D eigenvalue weighted by Crippen LogP contribution is 2.39. The third-order valence-corrected chi connectivity index (χ3v) is 3.10. The Morgan fingerprint density at radius 1 is 1.11 bits per heavy atom. The predicted octanol–water partition coefficient (Wildman–Crippen LogP) is 3.16. The van der Waals surface area contributed by atoms with Crippen LogP contribution in [0.2, 0.25) is 0 Å². The van der Waals surface area contributed by atoms with E-state index in [2.05, 4.69) is 0 Å². The Morgan fingerprint density at radius 3 is 2.33 bits per heavy atom. The Labute approximate surface area is 106 Å². The molecule has 1 unspecified atom stereocenters. The summed E-state index contributed by atoms with van der Waals surface area (Å²) in [6, 6.07) is 9.72. The molecule has 18 heavy (non-hydrogen) atoms. The van der Waals surface area contributed by atoms with Crippen LogP contribution in [-0.4, -0.2) is 20.5 Å². The average Bonchev–Trinajstić information content (AvgIpc) is 2.44. The number of hydrogen-bond donors (Lipinski definition) is 0. The van der Waals surface area contributed by atoms with Gasteiger partial charge < -0.3 is 14.3 Å². The molecule has 0 aliphatic heterocycles. The monoisotopic (exact) mass is 244 g/mol. The highest BCUT2D eigenvalue weighted by atomic mass is 16.5. The standard InChI is InChI=1S/C15H16O3/c1-10(9-16)13-8-14(17-2)11-6-4-5-7-12(11)15(13)18-3/h4-10H,1-3H3. The Hall–Kier alpha value is -2.03. The number of ether oxygens (including phenoxy) is 2. The van der Waals surface area contributed by atoms with Crippen LogP contribution in [0.4, 0.5) is 0 Å². The molecular weight excluding hydrogens is 228 g/mol. The van der Waals surface area contributed by atoms with Crippen molar-refractivity contribution in [1.29, 1.82) is 0 Å². The fraction of sp³-hybridized carbons (Fsp3) is 0.267.